The summed E-state index contributed by atoms with van der Waals surface area (Å²) in [6.07, 6.45) is 1.51. The van der Waals surface area contributed by atoms with E-state index in [2.05, 4.69) is 4.98 Å². The molecule has 3 aromatic rings. The lowest BCUT2D eigenvalue weighted by molar-refractivity contribution is 0.488. The van der Waals surface area contributed by atoms with Gasteiger partial charge >= 0.3 is 10.1 Å². The number of aromatic nitrogens is 1. The van der Waals surface area contributed by atoms with Crippen LogP contribution in [0, 0.1) is 0 Å². The van der Waals surface area contributed by atoms with Crippen molar-refractivity contribution in [2.45, 2.75) is 4.90 Å². The van der Waals surface area contributed by atoms with E-state index < -0.39 is 10.1 Å². The first-order valence-electron chi connectivity index (χ1n) is 6.21. The van der Waals surface area contributed by atoms with Gasteiger partial charge in [-0.2, -0.15) is 8.42 Å². The Kier molecular flexibility index (Phi) is 3.95. The molecule has 4 nitrogen and oxygen atoms in total. The summed E-state index contributed by atoms with van der Waals surface area (Å²) in [5, 5.41) is 1.01. The number of nitrogens with zero attached hydrogens (tertiary/aromatic N) is 1. The summed E-state index contributed by atoms with van der Waals surface area (Å²) in [6.45, 7) is 0. The smallest absolute Gasteiger partial charge is 0.339 e. The number of hydrogen-bond acceptors (Lipinski definition) is 4. The molecule has 112 valence electrons. The molecule has 3 rings (SSSR count). The minimum absolute atomic E-state index is 0.0325. The zero-order chi connectivity index (χ0) is 15.7. The van der Waals surface area contributed by atoms with E-state index in [1.54, 1.807) is 30.3 Å². The van der Waals surface area contributed by atoms with Crippen molar-refractivity contribution in [3.05, 3.63) is 64.8 Å². The van der Waals surface area contributed by atoms with E-state index in [4.69, 9.17) is 27.4 Å². The Morgan fingerprint density at radius 1 is 0.955 bits per heavy atom. The highest BCUT2D eigenvalue weighted by Crippen LogP contribution is 2.38. The molecule has 1 heterocycles. The van der Waals surface area contributed by atoms with Crippen LogP contribution in [-0.4, -0.2) is 13.4 Å². The van der Waals surface area contributed by atoms with Gasteiger partial charge in [0.05, 0.1) is 10.0 Å². The number of hydrogen-bond donors (Lipinski definition) is 0. The number of halogens is 2. The topological polar surface area (TPSA) is 56.3 Å². The molecule has 0 N–H and O–H groups in total. The Morgan fingerprint density at radius 2 is 1.68 bits per heavy atom. The highest BCUT2D eigenvalue weighted by atomic mass is 35.5. The predicted molar refractivity (Wildman–Crippen MR) is 86.0 cm³/mol. The van der Waals surface area contributed by atoms with E-state index in [-0.39, 0.29) is 15.7 Å². The molecule has 0 aliphatic heterocycles. The predicted octanol–water partition coefficient (Wildman–Crippen LogP) is 4.31. The zero-order valence-corrected chi connectivity index (χ0v) is 13.4. The molecule has 0 fully saturated rings. The number of pyridine rings is 1. The highest BCUT2D eigenvalue weighted by molar-refractivity contribution is 7.87. The summed E-state index contributed by atoms with van der Waals surface area (Å²) in [4.78, 5) is 4.15. The lowest BCUT2D eigenvalue weighted by Gasteiger charge is -2.11. The fourth-order valence-corrected chi connectivity index (χ4v) is 3.55. The van der Waals surface area contributed by atoms with Crippen molar-refractivity contribution in [2.75, 3.05) is 0 Å². The number of benzene rings is 2. The van der Waals surface area contributed by atoms with E-state index in [9.17, 15) is 8.42 Å². The van der Waals surface area contributed by atoms with Crippen molar-refractivity contribution in [3.63, 3.8) is 0 Å². The third-order valence-corrected chi connectivity index (χ3v) is 4.80. The van der Waals surface area contributed by atoms with E-state index >= 15 is 0 Å². The Balaban J connectivity index is 2.16. The van der Waals surface area contributed by atoms with Crippen LogP contribution in [0.2, 0.25) is 10.0 Å². The first kappa shape index (κ1) is 15.1. The molecule has 0 aliphatic rings. The minimum atomic E-state index is -4.01. The van der Waals surface area contributed by atoms with Gasteiger partial charge in [0.15, 0.2) is 5.75 Å². The summed E-state index contributed by atoms with van der Waals surface area (Å²) < 4.78 is 29.9. The summed E-state index contributed by atoms with van der Waals surface area (Å²) in [7, 11) is -4.01. The molecular formula is C15H9Cl2NO3S. The first-order chi connectivity index (χ1) is 10.5. The molecule has 0 aliphatic carbocycles. The Labute approximate surface area is 137 Å². The maximum absolute atomic E-state index is 12.3. The highest BCUT2D eigenvalue weighted by Gasteiger charge is 2.21. The third-order valence-electron chi connectivity index (χ3n) is 2.98. The van der Waals surface area contributed by atoms with Crippen molar-refractivity contribution in [1.29, 1.82) is 0 Å². The summed E-state index contributed by atoms with van der Waals surface area (Å²) in [5.74, 6) is -0.0366. The fraction of sp³-hybridized carbons (Fsp3) is 0. The second kappa shape index (κ2) is 5.76. The monoisotopic (exact) mass is 353 g/mol. The van der Waals surface area contributed by atoms with Crippen LogP contribution in [0.3, 0.4) is 0 Å². The van der Waals surface area contributed by atoms with Gasteiger partial charge in [0.1, 0.15) is 10.4 Å². The molecular weight excluding hydrogens is 345 g/mol. The molecule has 0 bridgehead atoms. The Hall–Kier alpha value is -1.82. The van der Waals surface area contributed by atoms with Crippen molar-refractivity contribution in [1.82, 2.24) is 4.98 Å². The van der Waals surface area contributed by atoms with Gasteiger partial charge in [-0.3, -0.25) is 4.98 Å². The molecule has 1 aromatic heterocycles. The maximum Gasteiger partial charge on any atom is 0.339 e. The average Bonchev–Trinajstić information content (AvgIpc) is 2.52. The lowest BCUT2D eigenvalue weighted by Crippen LogP contribution is -2.10. The van der Waals surface area contributed by atoms with E-state index in [0.29, 0.717) is 15.9 Å². The summed E-state index contributed by atoms with van der Waals surface area (Å²) in [5.41, 5.74) is 0.291. The van der Waals surface area contributed by atoms with Crippen molar-refractivity contribution >= 4 is 44.2 Å². The standard InChI is InChI=1S/C15H9Cl2NO3S/c16-12-9-13(17)15(14-11(12)7-4-8-18-14)21-22(19,20)10-5-2-1-3-6-10/h1-9H. The number of fused-ring (bicyclic) bond motifs is 1. The molecule has 0 saturated heterocycles. The summed E-state index contributed by atoms with van der Waals surface area (Å²) in [6, 6.07) is 12.6. The maximum atomic E-state index is 12.3. The third kappa shape index (κ3) is 2.75. The van der Waals surface area contributed by atoms with Crippen LogP contribution in [0.25, 0.3) is 10.9 Å². The molecule has 0 saturated carbocycles. The van der Waals surface area contributed by atoms with Crippen molar-refractivity contribution in [2.24, 2.45) is 0 Å². The Morgan fingerprint density at radius 3 is 2.41 bits per heavy atom. The van der Waals surface area contributed by atoms with Gasteiger partial charge in [-0.15, -0.1) is 0 Å². The van der Waals surface area contributed by atoms with Crippen LogP contribution in [0.15, 0.2) is 59.6 Å². The normalized spacial score (nSPS) is 11.5. The van der Waals surface area contributed by atoms with Gasteiger partial charge < -0.3 is 4.18 Å². The zero-order valence-electron chi connectivity index (χ0n) is 11.0. The minimum Gasteiger partial charge on any atom is -0.375 e. The van der Waals surface area contributed by atoms with Gasteiger partial charge in [0.2, 0.25) is 0 Å². The number of rotatable bonds is 3. The molecule has 7 heteroatoms. The van der Waals surface area contributed by atoms with Crippen LogP contribution in [-0.2, 0) is 10.1 Å². The molecule has 0 spiro atoms. The lowest BCUT2D eigenvalue weighted by atomic mass is 10.2. The average molecular weight is 354 g/mol. The first-order valence-corrected chi connectivity index (χ1v) is 8.38. The van der Waals surface area contributed by atoms with Crippen LogP contribution in [0.4, 0.5) is 0 Å². The van der Waals surface area contributed by atoms with E-state index in [1.165, 1.54) is 24.4 Å². The second-order valence-electron chi connectivity index (χ2n) is 4.42. The van der Waals surface area contributed by atoms with Gasteiger partial charge in [-0.05, 0) is 30.3 Å². The van der Waals surface area contributed by atoms with E-state index in [1.807, 2.05) is 0 Å². The van der Waals surface area contributed by atoms with Crippen LogP contribution in [0.5, 0.6) is 5.75 Å². The molecule has 0 unspecified atom stereocenters. The Bertz CT molecular complexity index is 944. The fourth-order valence-electron chi connectivity index (χ4n) is 1.97. The van der Waals surface area contributed by atoms with Crippen molar-refractivity contribution in [3.8, 4) is 5.75 Å². The molecule has 0 atom stereocenters. The van der Waals surface area contributed by atoms with Gasteiger partial charge in [-0.1, -0.05) is 41.4 Å². The SMILES string of the molecule is O=S(=O)(Oc1c(Cl)cc(Cl)c2cccnc12)c1ccccc1. The van der Waals surface area contributed by atoms with E-state index in [0.717, 1.165) is 0 Å². The summed E-state index contributed by atoms with van der Waals surface area (Å²) >= 11 is 12.2. The van der Waals surface area contributed by atoms with Gasteiger partial charge in [0, 0.05) is 11.6 Å². The molecule has 0 amide bonds. The van der Waals surface area contributed by atoms with Crippen molar-refractivity contribution < 1.29 is 12.6 Å². The van der Waals surface area contributed by atoms with Gasteiger partial charge in [0.25, 0.3) is 0 Å². The molecule has 0 radical (unpaired) electrons. The van der Waals surface area contributed by atoms with Crippen LogP contribution < -0.4 is 4.18 Å². The molecule has 2 aromatic carbocycles. The quantitative estimate of drug-likeness (QED) is 0.658. The second-order valence-corrected chi connectivity index (χ2v) is 6.78. The largest absolute Gasteiger partial charge is 0.375 e. The van der Waals surface area contributed by atoms with Gasteiger partial charge in [-0.25, -0.2) is 0 Å². The van der Waals surface area contributed by atoms with Crippen LogP contribution in [0.1, 0.15) is 0 Å². The molecule has 22 heavy (non-hydrogen) atoms. The van der Waals surface area contributed by atoms with Crippen LogP contribution >= 0.6 is 23.2 Å².